The molecule has 20 heavy (non-hydrogen) atoms. The first-order chi connectivity index (χ1) is 9.54. The summed E-state index contributed by atoms with van der Waals surface area (Å²) >= 11 is 3.29. The highest BCUT2D eigenvalue weighted by Gasteiger charge is 2.34. The number of aromatic nitrogens is 3. The topological polar surface area (TPSA) is 84.4 Å². The largest absolute Gasteiger partial charge is 0.476 e. The molecule has 106 valence electrons. The smallest absolute Gasteiger partial charge is 0.358 e. The second-order valence-corrected chi connectivity index (χ2v) is 5.60. The predicted molar refractivity (Wildman–Crippen MR) is 72.4 cm³/mol. The molecule has 7 nitrogen and oxygen atoms in total. The van der Waals surface area contributed by atoms with Crippen LogP contribution in [0.5, 0.6) is 0 Å². The van der Waals surface area contributed by atoms with Crippen molar-refractivity contribution in [3.8, 4) is 0 Å². The van der Waals surface area contributed by atoms with E-state index in [0.717, 1.165) is 23.5 Å². The van der Waals surface area contributed by atoms with Gasteiger partial charge in [-0.15, -0.1) is 5.10 Å². The lowest BCUT2D eigenvalue weighted by Crippen LogP contribution is -2.48. The zero-order chi connectivity index (χ0) is 14.3. The van der Waals surface area contributed by atoms with Crippen LogP contribution >= 0.6 is 15.9 Å². The Morgan fingerprint density at radius 3 is 2.85 bits per heavy atom. The van der Waals surface area contributed by atoms with Crippen molar-refractivity contribution in [1.82, 2.24) is 19.9 Å². The summed E-state index contributed by atoms with van der Waals surface area (Å²) in [6.45, 7) is 3.66. The fraction of sp³-hybridized carbons (Fsp3) is 0.417. The Balaban J connectivity index is 1.61. The van der Waals surface area contributed by atoms with Gasteiger partial charge in [0, 0.05) is 13.1 Å². The van der Waals surface area contributed by atoms with Crippen molar-refractivity contribution in [2.45, 2.75) is 19.0 Å². The minimum atomic E-state index is -1.05. The molecule has 8 heteroatoms. The van der Waals surface area contributed by atoms with Crippen molar-refractivity contribution in [2.24, 2.45) is 0 Å². The van der Waals surface area contributed by atoms with E-state index in [0.29, 0.717) is 0 Å². The summed E-state index contributed by atoms with van der Waals surface area (Å²) < 4.78 is 7.88. The standard InChI is InChI=1S/C12H13BrN4O3/c1-7(10-2-3-11(13)20-10)16-4-8(5-16)17-6-9(12(18)19)14-15-17/h2-3,6-8H,4-5H2,1H3,(H,18,19). The Bertz CT molecular complexity index is 632. The summed E-state index contributed by atoms with van der Waals surface area (Å²) in [4.78, 5) is 13.0. The fourth-order valence-electron chi connectivity index (χ4n) is 2.26. The van der Waals surface area contributed by atoms with Crippen LogP contribution in [0.2, 0.25) is 0 Å². The molecular formula is C12H13BrN4O3. The number of carboxylic acid groups (broad SMARTS) is 1. The Kier molecular flexibility index (Phi) is 3.35. The Hall–Kier alpha value is -1.67. The summed E-state index contributed by atoms with van der Waals surface area (Å²) in [5, 5.41) is 16.3. The van der Waals surface area contributed by atoms with Gasteiger partial charge in [0.25, 0.3) is 0 Å². The molecule has 0 aliphatic carbocycles. The summed E-state index contributed by atoms with van der Waals surface area (Å²) in [5.74, 6) is -0.152. The van der Waals surface area contributed by atoms with Gasteiger partial charge in [-0.3, -0.25) is 4.90 Å². The Morgan fingerprint density at radius 2 is 2.30 bits per heavy atom. The third-order valence-corrected chi connectivity index (χ3v) is 3.97. The van der Waals surface area contributed by atoms with Crippen molar-refractivity contribution < 1.29 is 14.3 Å². The third kappa shape index (κ3) is 2.36. The minimum absolute atomic E-state index is 0.0218. The molecule has 2 aromatic rings. The number of aromatic carboxylic acids is 1. The number of furan rings is 1. The maximum Gasteiger partial charge on any atom is 0.358 e. The van der Waals surface area contributed by atoms with E-state index in [1.807, 2.05) is 12.1 Å². The molecule has 2 aromatic heterocycles. The van der Waals surface area contributed by atoms with Gasteiger partial charge in [0.1, 0.15) is 5.76 Å². The van der Waals surface area contributed by atoms with E-state index in [4.69, 9.17) is 9.52 Å². The Morgan fingerprint density at radius 1 is 1.55 bits per heavy atom. The highest BCUT2D eigenvalue weighted by atomic mass is 79.9. The molecule has 0 saturated carbocycles. The first-order valence-electron chi connectivity index (χ1n) is 6.19. The molecule has 3 heterocycles. The average Bonchev–Trinajstić information content (AvgIpc) is 2.96. The van der Waals surface area contributed by atoms with Gasteiger partial charge in [-0.1, -0.05) is 5.21 Å². The van der Waals surface area contributed by atoms with Crippen LogP contribution in [0.25, 0.3) is 0 Å². The van der Waals surface area contributed by atoms with Crippen molar-refractivity contribution in [2.75, 3.05) is 13.1 Å². The molecule has 0 bridgehead atoms. The lowest BCUT2D eigenvalue weighted by Gasteiger charge is -2.42. The van der Waals surface area contributed by atoms with Crippen molar-refractivity contribution in [3.63, 3.8) is 0 Å². The molecule has 3 rings (SSSR count). The zero-order valence-electron chi connectivity index (χ0n) is 10.7. The summed E-state index contributed by atoms with van der Waals surface area (Å²) in [5.41, 5.74) is -0.0218. The minimum Gasteiger partial charge on any atom is -0.476 e. The predicted octanol–water partition coefficient (Wildman–Crippen LogP) is 1.95. The van der Waals surface area contributed by atoms with Gasteiger partial charge in [0.05, 0.1) is 18.3 Å². The van der Waals surface area contributed by atoms with E-state index >= 15 is 0 Å². The zero-order valence-corrected chi connectivity index (χ0v) is 12.3. The molecule has 0 aromatic carbocycles. The Labute approximate surface area is 123 Å². The second kappa shape index (κ2) is 5.02. The molecule has 1 saturated heterocycles. The van der Waals surface area contributed by atoms with Gasteiger partial charge in [0.15, 0.2) is 10.4 Å². The molecule has 0 spiro atoms. The normalized spacial score (nSPS) is 17.9. The first-order valence-corrected chi connectivity index (χ1v) is 6.98. The van der Waals surface area contributed by atoms with Crippen LogP contribution in [-0.2, 0) is 0 Å². The van der Waals surface area contributed by atoms with Crippen LogP contribution < -0.4 is 0 Å². The molecule has 0 amide bonds. The maximum atomic E-state index is 10.8. The molecule has 1 unspecified atom stereocenters. The summed E-state index contributed by atoms with van der Waals surface area (Å²) in [6, 6.07) is 4.16. The lowest BCUT2D eigenvalue weighted by molar-refractivity contribution is 0.0492. The number of hydrogen-bond donors (Lipinski definition) is 1. The number of likely N-dealkylation sites (tertiary alicyclic amines) is 1. The van der Waals surface area contributed by atoms with E-state index < -0.39 is 5.97 Å². The second-order valence-electron chi connectivity index (χ2n) is 4.81. The summed E-state index contributed by atoms with van der Waals surface area (Å²) in [7, 11) is 0. The van der Waals surface area contributed by atoms with Gasteiger partial charge < -0.3 is 9.52 Å². The molecule has 1 aliphatic rings. The number of halogens is 1. The number of nitrogens with zero attached hydrogens (tertiary/aromatic N) is 4. The first kappa shape index (κ1) is 13.3. The van der Waals surface area contributed by atoms with Crippen molar-refractivity contribution in [1.29, 1.82) is 0 Å². The number of carboxylic acids is 1. The van der Waals surface area contributed by atoms with Crippen molar-refractivity contribution in [3.05, 3.63) is 34.5 Å². The maximum absolute atomic E-state index is 10.8. The molecule has 1 aliphatic heterocycles. The monoisotopic (exact) mass is 340 g/mol. The summed E-state index contributed by atoms with van der Waals surface area (Å²) in [6.07, 6.45) is 1.47. The van der Waals surface area contributed by atoms with E-state index in [9.17, 15) is 4.79 Å². The van der Waals surface area contributed by atoms with E-state index in [1.165, 1.54) is 6.20 Å². The van der Waals surface area contributed by atoms with Gasteiger partial charge in [0.2, 0.25) is 0 Å². The van der Waals surface area contributed by atoms with Crippen LogP contribution in [0.15, 0.2) is 27.4 Å². The van der Waals surface area contributed by atoms with Gasteiger partial charge >= 0.3 is 5.97 Å². The van der Waals surface area contributed by atoms with E-state index in [1.54, 1.807) is 4.68 Å². The van der Waals surface area contributed by atoms with Crippen LogP contribution in [0, 0.1) is 0 Å². The van der Waals surface area contributed by atoms with Gasteiger partial charge in [-0.25, -0.2) is 9.48 Å². The average molecular weight is 341 g/mol. The molecule has 0 radical (unpaired) electrons. The van der Waals surface area contributed by atoms with Crippen LogP contribution in [0.4, 0.5) is 0 Å². The molecular weight excluding hydrogens is 328 g/mol. The lowest BCUT2D eigenvalue weighted by atomic mass is 10.1. The van der Waals surface area contributed by atoms with Crippen LogP contribution in [0.1, 0.15) is 35.3 Å². The van der Waals surface area contributed by atoms with Gasteiger partial charge in [-0.2, -0.15) is 0 Å². The van der Waals surface area contributed by atoms with E-state index in [2.05, 4.69) is 38.1 Å². The molecule has 1 atom stereocenters. The number of hydrogen-bond acceptors (Lipinski definition) is 5. The number of carbonyl (C=O) groups is 1. The van der Waals surface area contributed by atoms with Crippen molar-refractivity contribution >= 4 is 21.9 Å². The number of rotatable bonds is 4. The SMILES string of the molecule is CC(c1ccc(Br)o1)N1CC(n2cc(C(=O)O)nn2)C1. The molecule has 1 N–H and O–H groups in total. The van der Waals surface area contributed by atoms with Gasteiger partial charge in [-0.05, 0) is 35.0 Å². The fourth-order valence-corrected chi connectivity index (χ4v) is 2.58. The van der Waals surface area contributed by atoms with Crippen LogP contribution in [0.3, 0.4) is 0 Å². The highest BCUT2D eigenvalue weighted by Crippen LogP contribution is 2.32. The quantitative estimate of drug-likeness (QED) is 0.915. The van der Waals surface area contributed by atoms with E-state index in [-0.39, 0.29) is 17.8 Å². The third-order valence-electron chi connectivity index (χ3n) is 3.55. The molecule has 1 fully saturated rings. The highest BCUT2D eigenvalue weighted by molar-refractivity contribution is 9.10. The van der Waals surface area contributed by atoms with Crippen LogP contribution in [-0.4, -0.2) is 44.1 Å².